The molecule has 0 bridgehead atoms. The first-order valence-electron chi connectivity index (χ1n) is 3.49. The van der Waals surface area contributed by atoms with Crippen molar-refractivity contribution >= 4 is 5.95 Å². The molecule has 6 nitrogen and oxygen atoms in total. The lowest BCUT2D eigenvalue weighted by molar-refractivity contribution is -0.177. The van der Waals surface area contributed by atoms with Gasteiger partial charge in [0, 0.05) is 0 Å². The Morgan fingerprint density at radius 1 is 1.36 bits per heavy atom. The van der Waals surface area contributed by atoms with Crippen LogP contribution in [-0.2, 0) is 11.3 Å². The van der Waals surface area contributed by atoms with E-state index in [4.69, 9.17) is 11.6 Å². The van der Waals surface area contributed by atoms with E-state index < -0.39 is 12.8 Å². The number of hydrogen-bond donors (Lipinski definition) is 2. The van der Waals surface area contributed by atoms with Crippen molar-refractivity contribution in [1.82, 2.24) is 14.9 Å². The van der Waals surface area contributed by atoms with Crippen LogP contribution in [0.1, 0.15) is 5.82 Å². The molecule has 0 saturated heterocycles. The van der Waals surface area contributed by atoms with Crippen LogP contribution in [0.2, 0.25) is 0 Å². The lowest BCUT2D eigenvalue weighted by atomic mass is 10.6. The molecular formula is C5H8F3N5O. The molecule has 9 heteroatoms. The maximum atomic E-state index is 11.6. The zero-order valence-corrected chi connectivity index (χ0v) is 6.95. The van der Waals surface area contributed by atoms with Gasteiger partial charge >= 0.3 is 6.18 Å². The Balaban J connectivity index is 2.43. The average Bonchev–Trinajstić information content (AvgIpc) is 2.33. The highest BCUT2D eigenvalue weighted by Gasteiger charge is 2.27. The van der Waals surface area contributed by atoms with Crippen LogP contribution in [0.5, 0.6) is 0 Å². The largest absolute Gasteiger partial charge is 0.411 e. The van der Waals surface area contributed by atoms with E-state index in [0.717, 1.165) is 4.68 Å². The van der Waals surface area contributed by atoms with Crippen LogP contribution in [0.4, 0.5) is 19.1 Å². The Kier molecular flexibility index (Phi) is 2.79. The van der Waals surface area contributed by atoms with E-state index in [2.05, 4.69) is 14.9 Å². The van der Waals surface area contributed by atoms with Crippen LogP contribution < -0.4 is 11.6 Å². The summed E-state index contributed by atoms with van der Waals surface area (Å²) in [4.78, 5) is 0. The molecule has 4 N–H and O–H groups in total. The normalized spacial score (nSPS) is 11.9. The number of anilines is 1. The van der Waals surface area contributed by atoms with Gasteiger partial charge in [-0.2, -0.15) is 13.2 Å². The zero-order valence-electron chi connectivity index (χ0n) is 6.95. The predicted octanol–water partition coefficient (Wildman–Crippen LogP) is -0.347. The van der Waals surface area contributed by atoms with Crippen LogP contribution in [0, 0.1) is 0 Å². The molecule has 1 rings (SSSR count). The maximum absolute atomic E-state index is 11.6. The number of rotatable bonds is 3. The molecular weight excluding hydrogens is 203 g/mol. The summed E-state index contributed by atoms with van der Waals surface area (Å²) in [6, 6.07) is 0. The van der Waals surface area contributed by atoms with Gasteiger partial charge in [-0.15, -0.1) is 10.2 Å². The molecule has 0 aliphatic carbocycles. The molecule has 0 amide bonds. The van der Waals surface area contributed by atoms with Gasteiger partial charge in [-0.1, -0.05) is 0 Å². The van der Waals surface area contributed by atoms with Crippen molar-refractivity contribution in [3.63, 3.8) is 0 Å². The Morgan fingerprint density at radius 3 is 2.43 bits per heavy atom. The van der Waals surface area contributed by atoms with Crippen LogP contribution in [0.15, 0.2) is 0 Å². The second kappa shape index (κ2) is 3.70. The minimum atomic E-state index is -4.37. The smallest absolute Gasteiger partial charge is 0.366 e. The van der Waals surface area contributed by atoms with Crippen molar-refractivity contribution < 1.29 is 17.9 Å². The fraction of sp³-hybridized carbons (Fsp3) is 0.600. The van der Waals surface area contributed by atoms with Gasteiger partial charge in [0.05, 0.1) is 0 Å². The van der Waals surface area contributed by atoms with E-state index in [9.17, 15) is 13.2 Å². The van der Waals surface area contributed by atoms with Gasteiger partial charge in [-0.3, -0.25) is 0 Å². The molecule has 0 aliphatic heterocycles. The first-order valence-corrected chi connectivity index (χ1v) is 3.49. The predicted molar refractivity (Wildman–Crippen MR) is 40.3 cm³/mol. The van der Waals surface area contributed by atoms with Crippen molar-refractivity contribution in [2.75, 3.05) is 18.2 Å². The van der Waals surface area contributed by atoms with E-state index in [1.807, 2.05) is 0 Å². The zero-order chi connectivity index (χ0) is 10.8. The van der Waals surface area contributed by atoms with Crippen LogP contribution >= 0.6 is 0 Å². The van der Waals surface area contributed by atoms with Gasteiger partial charge in [0.25, 0.3) is 0 Å². The van der Waals surface area contributed by atoms with E-state index in [1.54, 1.807) is 0 Å². The molecule has 1 heterocycles. The van der Waals surface area contributed by atoms with Gasteiger partial charge in [0.2, 0.25) is 5.95 Å². The highest BCUT2D eigenvalue weighted by molar-refractivity contribution is 5.16. The highest BCUT2D eigenvalue weighted by atomic mass is 19.4. The van der Waals surface area contributed by atoms with Crippen LogP contribution in [0.3, 0.4) is 0 Å². The Morgan fingerprint density at radius 2 is 2.00 bits per heavy atom. The molecule has 0 aliphatic rings. The number of nitrogen functional groups attached to an aromatic ring is 2. The molecule has 0 aromatic carbocycles. The fourth-order valence-electron chi connectivity index (χ4n) is 0.694. The van der Waals surface area contributed by atoms with Crippen molar-refractivity contribution in [1.29, 1.82) is 0 Å². The third kappa shape index (κ3) is 2.76. The summed E-state index contributed by atoms with van der Waals surface area (Å²) in [7, 11) is 0. The lowest BCUT2D eigenvalue weighted by Crippen LogP contribution is -2.20. The summed E-state index contributed by atoms with van der Waals surface area (Å²) in [5.41, 5.74) is 5.18. The van der Waals surface area contributed by atoms with E-state index >= 15 is 0 Å². The summed E-state index contributed by atoms with van der Waals surface area (Å²) in [6.07, 6.45) is -4.37. The molecule has 0 saturated carbocycles. The summed E-state index contributed by atoms with van der Waals surface area (Å²) < 4.78 is 40.1. The highest BCUT2D eigenvalue weighted by Crippen LogP contribution is 2.15. The minimum absolute atomic E-state index is 0.0340. The van der Waals surface area contributed by atoms with Gasteiger partial charge < -0.3 is 16.3 Å². The SMILES string of the molecule is Nc1nnc(COCC(F)(F)F)n1N. The molecule has 14 heavy (non-hydrogen) atoms. The van der Waals surface area contributed by atoms with Gasteiger partial charge in [0.1, 0.15) is 13.2 Å². The molecule has 0 fully saturated rings. The van der Waals surface area contributed by atoms with Crippen LogP contribution in [-0.4, -0.2) is 27.7 Å². The second-order valence-electron chi connectivity index (χ2n) is 2.45. The summed E-state index contributed by atoms with van der Waals surface area (Å²) >= 11 is 0. The summed E-state index contributed by atoms with van der Waals surface area (Å²) in [6.45, 7) is -1.75. The van der Waals surface area contributed by atoms with E-state index in [-0.39, 0.29) is 18.4 Å². The number of nitrogens with two attached hydrogens (primary N) is 2. The number of aromatic nitrogens is 3. The Hall–Kier alpha value is -1.51. The number of hydrogen-bond acceptors (Lipinski definition) is 5. The number of nitrogens with zero attached hydrogens (tertiary/aromatic N) is 3. The summed E-state index contributed by atoms with van der Waals surface area (Å²) in [5.74, 6) is 5.20. The molecule has 0 spiro atoms. The van der Waals surface area contributed by atoms with E-state index in [0.29, 0.717) is 0 Å². The Bertz CT molecular complexity index is 309. The van der Waals surface area contributed by atoms with Crippen LogP contribution in [0.25, 0.3) is 0 Å². The van der Waals surface area contributed by atoms with Crippen molar-refractivity contribution in [3.05, 3.63) is 5.82 Å². The third-order valence-electron chi connectivity index (χ3n) is 1.29. The van der Waals surface area contributed by atoms with Gasteiger partial charge in [-0.05, 0) is 0 Å². The minimum Gasteiger partial charge on any atom is -0.366 e. The molecule has 1 aromatic rings. The summed E-state index contributed by atoms with van der Waals surface area (Å²) in [5, 5.41) is 6.74. The number of alkyl halides is 3. The first kappa shape index (κ1) is 10.6. The van der Waals surface area contributed by atoms with Crippen molar-refractivity contribution in [3.8, 4) is 0 Å². The molecule has 0 atom stereocenters. The molecule has 0 unspecified atom stereocenters. The van der Waals surface area contributed by atoms with Crippen molar-refractivity contribution in [2.24, 2.45) is 0 Å². The Labute approximate surface area is 76.6 Å². The second-order valence-corrected chi connectivity index (χ2v) is 2.45. The topological polar surface area (TPSA) is 92.0 Å². The number of ether oxygens (including phenoxy) is 1. The average molecular weight is 211 g/mol. The monoisotopic (exact) mass is 211 g/mol. The molecule has 80 valence electrons. The van der Waals surface area contributed by atoms with E-state index in [1.165, 1.54) is 0 Å². The molecule has 0 radical (unpaired) electrons. The number of halogens is 3. The molecule has 1 aromatic heterocycles. The first-order chi connectivity index (χ1) is 6.40. The van der Waals surface area contributed by atoms with Gasteiger partial charge in [0.15, 0.2) is 5.82 Å². The quantitative estimate of drug-likeness (QED) is 0.667. The van der Waals surface area contributed by atoms with Crippen molar-refractivity contribution in [2.45, 2.75) is 12.8 Å². The van der Waals surface area contributed by atoms with Gasteiger partial charge in [-0.25, -0.2) is 4.68 Å². The third-order valence-corrected chi connectivity index (χ3v) is 1.29. The standard InChI is InChI=1S/C5H8F3N5O/c6-5(7,8)2-14-1-3-11-12-4(9)13(3)10/h1-2,10H2,(H2,9,12). The fourth-order valence-corrected chi connectivity index (χ4v) is 0.694. The maximum Gasteiger partial charge on any atom is 0.411 e. The lowest BCUT2D eigenvalue weighted by Gasteiger charge is -2.06.